The van der Waals surface area contributed by atoms with Gasteiger partial charge < -0.3 is 15.6 Å². The minimum Gasteiger partial charge on any atom is -0.493 e. The third kappa shape index (κ3) is 3.08. The predicted molar refractivity (Wildman–Crippen MR) is 118 cm³/mol. The van der Waals surface area contributed by atoms with Crippen LogP contribution in [0.25, 0.3) is 32.8 Å². The first kappa shape index (κ1) is 19.1. The minimum absolute atomic E-state index is 0.117. The number of fused-ring (bicyclic) bond motifs is 1. The van der Waals surface area contributed by atoms with E-state index in [-0.39, 0.29) is 6.42 Å². The number of rotatable bonds is 4. The van der Waals surface area contributed by atoms with E-state index < -0.39 is 11.9 Å². The quantitative estimate of drug-likeness (QED) is 0.527. The smallest absolute Gasteiger partial charge is 0.307 e. The summed E-state index contributed by atoms with van der Waals surface area (Å²) in [5.74, 6) is -0.617. The highest BCUT2D eigenvalue weighted by molar-refractivity contribution is 6.09. The highest BCUT2D eigenvalue weighted by atomic mass is 16.5. The molecule has 3 N–H and O–H groups in total. The molecule has 0 aliphatic carbocycles. The van der Waals surface area contributed by atoms with Crippen LogP contribution >= 0.6 is 0 Å². The van der Waals surface area contributed by atoms with Crippen molar-refractivity contribution in [1.82, 2.24) is 4.98 Å². The Kier molecular flexibility index (Phi) is 4.36. The molecule has 0 spiro atoms. The van der Waals surface area contributed by atoms with Gasteiger partial charge in [-0.1, -0.05) is 12.1 Å². The Morgan fingerprint density at radius 3 is 2.77 bits per heavy atom. The van der Waals surface area contributed by atoms with Crippen LogP contribution in [0.1, 0.15) is 27.0 Å². The number of benzene rings is 3. The van der Waals surface area contributed by atoms with Crippen LogP contribution in [0.2, 0.25) is 0 Å². The van der Waals surface area contributed by atoms with Crippen molar-refractivity contribution in [3.8, 4) is 16.9 Å². The van der Waals surface area contributed by atoms with E-state index >= 15 is 0 Å². The van der Waals surface area contributed by atoms with Gasteiger partial charge in [-0.3, -0.25) is 14.6 Å². The molecule has 1 aromatic heterocycles. The van der Waals surface area contributed by atoms with Crippen molar-refractivity contribution in [2.45, 2.75) is 19.8 Å². The molecule has 1 amide bonds. The van der Waals surface area contributed by atoms with Crippen molar-refractivity contribution in [3.05, 3.63) is 70.9 Å². The van der Waals surface area contributed by atoms with E-state index in [2.05, 4.69) is 4.98 Å². The van der Waals surface area contributed by atoms with Crippen molar-refractivity contribution in [2.75, 3.05) is 6.61 Å². The van der Waals surface area contributed by atoms with Gasteiger partial charge in [-0.15, -0.1) is 0 Å². The maximum absolute atomic E-state index is 11.7. The fourth-order valence-electron chi connectivity index (χ4n) is 4.53. The van der Waals surface area contributed by atoms with Gasteiger partial charge in [0.25, 0.3) is 0 Å². The number of nitrogens with two attached hydrogens (primary N) is 1. The molecular formula is C25H20N2O4. The monoisotopic (exact) mass is 412 g/mol. The zero-order chi connectivity index (χ0) is 21.7. The summed E-state index contributed by atoms with van der Waals surface area (Å²) in [6.07, 6.45) is 2.47. The average molecular weight is 412 g/mol. The molecule has 154 valence electrons. The number of aryl methyl sites for hydroxylation is 1. The lowest BCUT2D eigenvalue weighted by Gasteiger charge is -2.21. The number of nitrogens with zero attached hydrogens (tertiary/aromatic N) is 1. The van der Waals surface area contributed by atoms with E-state index in [9.17, 15) is 14.7 Å². The van der Waals surface area contributed by atoms with Crippen LogP contribution in [0.3, 0.4) is 0 Å². The van der Waals surface area contributed by atoms with E-state index in [4.69, 9.17) is 10.5 Å². The first-order chi connectivity index (χ1) is 14.9. The van der Waals surface area contributed by atoms with Gasteiger partial charge in [0, 0.05) is 29.1 Å². The number of aromatic nitrogens is 1. The molecule has 3 aromatic carbocycles. The zero-order valence-electron chi connectivity index (χ0n) is 16.9. The second-order valence-electron chi connectivity index (χ2n) is 7.82. The fraction of sp³-hybridized carbons (Fsp3) is 0.160. The number of pyridine rings is 1. The molecule has 2 heterocycles. The molecule has 6 nitrogen and oxygen atoms in total. The van der Waals surface area contributed by atoms with E-state index in [1.165, 1.54) is 5.56 Å². The van der Waals surface area contributed by atoms with E-state index in [0.717, 1.165) is 56.1 Å². The topological polar surface area (TPSA) is 103 Å². The van der Waals surface area contributed by atoms with Crippen LogP contribution in [-0.2, 0) is 17.6 Å². The number of ether oxygens (including phenoxy) is 1. The standard InChI is InChI=1S/C25H20N2O4/c1-13-10-16-11-15(25(26)30)2-3-17(16)23(19(13)12-21(28)29)18-4-5-20-22-14(7-9-31-20)6-8-27-24(18)22/h2-6,8,10-11H,7,9,12H2,1H3,(H2,26,30)(H,28,29). The summed E-state index contributed by atoms with van der Waals surface area (Å²) < 4.78 is 5.85. The molecule has 5 rings (SSSR count). The third-order valence-electron chi connectivity index (χ3n) is 5.92. The second kappa shape index (κ2) is 7.09. The average Bonchev–Trinajstić information content (AvgIpc) is 2.75. The number of carbonyl (C=O) groups is 2. The van der Waals surface area contributed by atoms with Crippen molar-refractivity contribution in [2.24, 2.45) is 5.73 Å². The Balaban J connectivity index is 1.90. The summed E-state index contributed by atoms with van der Waals surface area (Å²) in [6.45, 7) is 2.51. The molecule has 0 fully saturated rings. The summed E-state index contributed by atoms with van der Waals surface area (Å²) in [4.78, 5) is 28.1. The lowest BCUT2D eigenvalue weighted by Crippen LogP contribution is -2.11. The van der Waals surface area contributed by atoms with E-state index in [1.807, 2.05) is 37.3 Å². The maximum atomic E-state index is 11.7. The Morgan fingerprint density at radius 2 is 2.00 bits per heavy atom. The van der Waals surface area contributed by atoms with Gasteiger partial charge >= 0.3 is 5.97 Å². The first-order valence-corrected chi connectivity index (χ1v) is 10.1. The summed E-state index contributed by atoms with van der Waals surface area (Å²) in [7, 11) is 0. The molecule has 0 radical (unpaired) electrons. The van der Waals surface area contributed by atoms with Crippen molar-refractivity contribution < 1.29 is 19.4 Å². The van der Waals surface area contributed by atoms with Crippen LogP contribution in [0.4, 0.5) is 0 Å². The molecule has 4 aromatic rings. The SMILES string of the molecule is Cc1cc2cc(C(N)=O)ccc2c(-c2ccc3c4c(ccnc24)CCO3)c1CC(=O)O. The van der Waals surface area contributed by atoms with Crippen LogP contribution in [0, 0.1) is 6.92 Å². The van der Waals surface area contributed by atoms with Crippen LogP contribution < -0.4 is 10.5 Å². The highest BCUT2D eigenvalue weighted by Crippen LogP contribution is 2.42. The Bertz CT molecular complexity index is 1400. The molecule has 1 aliphatic heterocycles. The van der Waals surface area contributed by atoms with Crippen molar-refractivity contribution >= 4 is 33.6 Å². The van der Waals surface area contributed by atoms with Crippen LogP contribution in [0.15, 0.2) is 48.7 Å². The normalized spacial score (nSPS) is 12.7. The van der Waals surface area contributed by atoms with Gasteiger partial charge in [-0.25, -0.2) is 0 Å². The number of aliphatic carboxylic acids is 1. The fourth-order valence-corrected chi connectivity index (χ4v) is 4.53. The molecule has 1 aliphatic rings. The Labute approximate surface area is 178 Å². The summed E-state index contributed by atoms with van der Waals surface area (Å²) in [6, 6.07) is 13.0. The first-order valence-electron chi connectivity index (χ1n) is 10.1. The largest absolute Gasteiger partial charge is 0.493 e. The lowest BCUT2D eigenvalue weighted by atomic mass is 9.86. The third-order valence-corrected chi connectivity index (χ3v) is 5.92. The van der Waals surface area contributed by atoms with Crippen molar-refractivity contribution in [1.29, 1.82) is 0 Å². The summed E-state index contributed by atoms with van der Waals surface area (Å²) in [5.41, 5.74) is 11.1. The predicted octanol–water partition coefficient (Wildman–Crippen LogP) is 4.02. The van der Waals surface area contributed by atoms with Gasteiger partial charge in [0.2, 0.25) is 5.91 Å². The molecule has 0 unspecified atom stereocenters. The van der Waals surface area contributed by atoms with Gasteiger partial charge in [-0.05, 0) is 70.3 Å². The number of primary amides is 1. The zero-order valence-corrected chi connectivity index (χ0v) is 16.9. The van der Waals surface area contributed by atoms with Crippen LogP contribution in [-0.4, -0.2) is 28.6 Å². The Hall–Kier alpha value is -3.93. The summed E-state index contributed by atoms with van der Waals surface area (Å²) in [5, 5.41) is 12.3. The van der Waals surface area contributed by atoms with E-state index in [1.54, 1.807) is 18.3 Å². The Morgan fingerprint density at radius 1 is 1.16 bits per heavy atom. The van der Waals surface area contributed by atoms with E-state index in [0.29, 0.717) is 12.2 Å². The van der Waals surface area contributed by atoms with Gasteiger partial charge in [0.1, 0.15) is 5.75 Å². The van der Waals surface area contributed by atoms with Crippen LogP contribution in [0.5, 0.6) is 5.75 Å². The number of carboxylic acid groups (broad SMARTS) is 1. The number of amides is 1. The summed E-state index contributed by atoms with van der Waals surface area (Å²) >= 11 is 0. The number of hydrogen-bond acceptors (Lipinski definition) is 4. The van der Waals surface area contributed by atoms with Crippen molar-refractivity contribution in [3.63, 3.8) is 0 Å². The van der Waals surface area contributed by atoms with Gasteiger partial charge in [-0.2, -0.15) is 0 Å². The molecule has 0 atom stereocenters. The number of carboxylic acids is 1. The molecule has 0 bridgehead atoms. The molecular weight excluding hydrogens is 392 g/mol. The molecule has 31 heavy (non-hydrogen) atoms. The number of hydrogen-bond donors (Lipinski definition) is 2. The molecule has 0 saturated carbocycles. The maximum Gasteiger partial charge on any atom is 0.307 e. The molecule has 6 heteroatoms. The van der Waals surface area contributed by atoms with Gasteiger partial charge in [0.05, 0.1) is 18.5 Å². The minimum atomic E-state index is -0.906. The second-order valence-corrected chi connectivity index (χ2v) is 7.82. The lowest BCUT2D eigenvalue weighted by molar-refractivity contribution is -0.136. The highest BCUT2D eigenvalue weighted by Gasteiger charge is 2.22. The number of carbonyl (C=O) groups excluding carboxylic acids is 1. The molecule has 0 saturated heterocycles. The van der Waals surface area contributed by atoms with Gasteiger partial charge in [0.15, 0.2) is 0 Å².